The van der Waals surface area contributed by atoms with Crippen molar-refractivity contribution in [3.05, 3.63) is 0 Å². The zero-order chi connectivity index (χ0) is 10.1. The molecule has 3 nitrogen and oxygen atoms in total. The van der Waals surface area contributed by atoms with Crippen molar-refractivity contribution in [3.8, 4) is 0 Å². The summed E-state index contributed by atoms with van der Waals surface area (Å²) in [4.78, 5) is 11.5. The summed E-state index contributed by atoms with van der Waals surface area (Å²) >= 11 is 0. The van der Waals surface area contributed by atoms with Gasteiger partial charge < -0.3 is 10.4 Å². The average molecular weight is 185 g/mol. The van der Waals surface area contributed by atoms with E-state index in [1.807, 2.05) is 6.92 Å². The first-order chi connectivity index (χ1) is 5.94. The predicted octanol–water partition coefficient (Wildman–Crippen LogP) is 0.920. The van der Waals surface area contributed by atoms with Crippen LogP contribution in [-0.4, -0.2) is 23.7 Å². The zero-order valence-corrected chi connectivity index (χ0v) is 8.63. The molecule has 0 aromatic rings. The summed E-state index contributed by atoms with van der Waals surface area (Å²) < 4.78 is 0. The van der Waals surface area contributed by atoms with E-state index >= 15 is 0 Å². The largest absolute Gasteiger partial charge is 0.394 e. The fraction of sp³-hybridized carbons (Fsp3) is 0.900. The molecule has 0 aromatic carbocycles. The van der Waals surface area contributed by atoms with Gasteiger partial charge in [-0.15, -0.1) is 0 Å². The Morgan fingerprint density at radius 1 is 1.62 bits per heavy atom. The average Bonchev–Trinajstić information content (AvgIpc) is 1.99. The lowest BCUT2D eigenvalue weighted by atomic mass is 9.64. The number of carbonyl (C=O) groups is 1. The van der Waals surface area contributed by atoms with Crippen molar-refractivity contribution in [2.24, 2.45) is 11.3 Å². The Morgan fingerprint density at radius 3 is 2.54 bits per heavy atom. The van der Waals surface area contributed by atoms with Crippen LogP contribution in [0.25, 0.3) is 0 Å². The fourth-order valence-electron chi connectivity index (χ4n) is 1.87. The molecular weight excluding hydrogens is 166 g/mol. The van der Waals surface area contributed by atoms with Gasteiger partial charge in [-0.25, -0.2) is 0 Å². The summed E-state index contributed by atoms with van der Waals surface area (Å²) in [5.74, 6) is 0.268. The minimum Gasteiger partial charge on any atom is -0.394 e. The number of rotatable bonds is 3. The lowest BCUT2D eigenvalue weighted by molar-refractivity contribution is -0.132. The summed E-state index contributed by atoms with van der Waals surface area (Å²) in [6.45, 7) is 6.17. The highest BCUT2D eigenvalue weighted by Gasteiger charge is 2.40. The standard InChI is InChI=1S/C10H19NO2/c1-7(6-12)11-9(13)8-4-10(2,3)5-8/h7-8,12H,4-6H2,1-3H3,(H,11,13). The van der Waals surface area contributed by atoms with E-state index in [0.717, 1.165) is 12.8 Å². The molecule has 0 saturated heterocycles. The molecule has 0 aliphatic heterocycles. The molecule has 1 rings (SSSR count). The SMILES string of the molecule is CC(CO)NC(=O)C1CC(C)(C)C1. The van der Waals surface area contributed by atoms with Gasteiger partial charge in [-0.1, -0.05) is 13.8 Å². The number of carbonyl (C=O) groups excluding carboxylic acids is 1. The van der Waals surface area contributed by atoms with Gasteiger partial charge >= 0.3 is 0 Å². The van der Waals surface area contributed by atoms with Gasteiger partial charge in [0.2, 0.25) is 5.91 Å². The quantitative estimate of drug-likeness (QED) is 0.687. The second-order valence-corrected chi connectivity index (χ2v) is 4.86. The number of nitrogens with one attached hydrogen (secondary N) is 1. The molecule has 1 atom stereocenters. The van der Waals surface area contributed by atoms with E-state index in [0.29, 0.717) is 5.41 Å². The van der Waals surface area contributed by atoms with Gasteiger partial charge in [-0.2, -0.15) is 0 Å². The highest BCUT2D eigenvalue weighted by molar-refractivity contribution is 5.80. The molecule has 1 aliphatic rings. The summed E-state index contributed by atoms with van der Waals surface area (Å²) in [6, 6.07) is -0.115. The van der Waals surface area contributed by atoms with Crippen molar-refractivity contribution >= 4 is 5.91 Å². The van der Waals surface area contributed by atoms with E-state index in [2.05, 4.69) is 19.2 Å². The summed E-state index contributed by atoms with van der Waals surface area (Å²) in [5.41, 5.74) is 0.338. The normalized spacial score (nSPS) is 23.4. The minimum atomic E-state index is -0.115. The van der Waals surface area contributed by atoms with Gasteiger partial charge in [0, 0.05) is 12.0 Å². The predicted molar refractivity (Wildman–Crippen MR) is 51.2 cm³/mol. The lowest BCUT2D eigenvalue weighted by Gasteiger charge is -2.41. The second-order valence-electron chi connectivity index (χ2n) is 4.86. The van der Waals surface area contributed by atoms with Crippen LogP contribution in [0.2, 0.25) is 0 Å². The Morgan fingerprint density at radius 2 is 2.15 bits per heavy atom. The van der Waals surface area contributed by atoms with Crippen molar-refractivity contribution in [1.82, 2.24) is 5.32 Å². The maximum Gasteiger partial charge on any atom is 0.223 e. The van der Waals surface area contributed by atoms with Crippen molar-refractivity contribution < 1.29 is 9.90 Å². The third-order valence-corrected chi connectivity index (χ3v) is 2.63. The number of hydrogen-bond donors (Lipinski definition) is 2. The first-order valence-electron chi connectivity index (χ1n) is 4.86. The van der Waals surface area contributed by atoms with Crippen molar-refractivity contribution in [3.63, 3.8) is 0 Å². The minimum absolute atomic E-state index is 0.0157. The highest BCUT2D eigenvalue weighted by Crippen LogP contribution is 2.44. The molecule has 13 heavy (non-hydrogen) atoms. The molecule has 1 amide bonds. The molecular formula is C10H19NO2. The first kappa shape index (κ1) is 10.5. The van der Waals surface area contributed by atoms with Crippen LogP contribution < -0.4 is 5.32 Å². The molecule has 0 radical (unpaired) electrons. The number of aliphatic hydroxyl groups excluding tert-OH is 1. The summed E-state index contributed by atoms with van der Waals surface area (Å²) in [7, 11) is 0. The van der Waals surface area contributed by atoms with Gasteiger partial charge in [-0.05, 0) is 25.2 Å². The molecule has 0 spiro atoms. The van der Waals surface area contributed by atoms with Gasteiger partial charge in [0.25, 0.3) is 0 Å². The molecule has 76 valence electrons. The Hall–Kier alpha value is -0.570. The summed E-state index contributed by atoms with van der Waals surface area (Å²) in [5, 5.41) is 11.5. The third-order valence-electron chi connectivity index (χ3n) is 2.63. The molecule has 1 unspecified atom stereocenters. The molecule has 1 fully saturated rings. The van der Waals surface area contributed by atoms with E-state index in [4.69, 9.17) is 5.11 Å². The topological polar surface area (TPSA) is 49.3 Å². The monoisotopic (exact) mass is 185 g/mol. The van der Waals surface area contributed by atoms with Crippen molar-refractivity contribution in [2.45, 2.75) is 39.7 Å². The molecule has 0 heterocycles. The van der Waals surface area contributed by atoms with E-state index in [9.17, 15) is 4.79 Å². The van der Waals surface area contributed by atoms with E-state index < -0.39 is 0 Å². The van der Waals surface area contributed by atoms with Gasteiger partial charge in [0.05, 0.1) is 6.61 Å². The maximum atomic E-state index is 11.5. The lowest BCUT2D eigenvalue weighted by Crippen LogP contribution is -2.46. The van der Waals surface area contributed by atoms with E-state index in [-0.39, 0.29) is 24.5 Å². The Kier molecular flexibility index (Phi) is 2.96. The maximum absolute atomic E-state index is 11.5. The van der Waals surface area contributed by atoms with Crippen LogP contribution in [0.4, 0.5) is 0 Å². The molecule has 3 heteroatoms. The third kappa shape index (κ3) is 2.69. The van der Waals surface area contributed by atoms with Crippen LogP contribution >= 0.6 is 0 Å². The molecule has 0 bridgehead atoms. The van der Waals surface area contributed by atoms with Crippen LogP contribution in [0.15, 0.2) is 0 Å². The molecule has 1 aliphatic carbocycles. The van der Waals surface area contributed by atoms with Gasteiger partial charge in [0.1, 0.15) is 0 Å². The van der Waals surface area contributed by atoms with Crippen LogP contribution in [0, 0.1) is 11.3 Å². The number of aliphatic hydroxyl groups is 1. The smallest absolute Gasteiger partial charge is 0.223 e. The molecule has 2 N–H and O–H groups in total. The first-order valence-corrected chi connectivity index (χ1v) is 4.86. The van der Waals surface area contributed by atoms with Gasteiger partial charge in [0.15, 0.2) is 0 Å². The van der Waals surface area contributed by atoms with Crippen LogP contribution in [0.5, 0.6) is 0 Å². The Labute approximate surface area is 79.5 Å². The summed E-state index contributed by atoms with van der Waals surface area (Å²) in [6.07, 6.45) is 1.94. The zero-order valence-electron chi connectivity index (χ0n) is 8.63. The number of amides is 1. The van der Waals surface area contributed by atoms with Crippen molar-refractivity contribution in [2.75, 3.05) is 6.61 Å². The molecule has 0 aromatic heterocycles. The van der Waals surface area contributed by atoms with Crippen LogP contribution in [0.3, 0.4) is 0 Å². The van der Waals surface area contributed by atoms with E-state index in [1.165, 1.54) is 0 Å². The number of hydrogen-bond acceptors (Lipinski definition) is 2. The van der Waals surface area contributed by atoms with Crippen LogP contribution in [-0.2, 0) is 4.79 Å². The Balaban J connectivity index is 2.27. The van der Waals surface area contributed by atoms with Gasteiger partial charge in [-0.3, -0.25) is 4.79 Å². The fourth-order valence-corrected chi connectivity index (χ4v) is 1.87. The van der Waals surface area contributed by atoms with E-state index in [1.54, 1.807) is 0 Å². The second kappa shape index (κ2) is 3.66. The van der Waals surface area contributed by atoms with Crippen molar-refractivity contribution in [1.29, 1.82) is 0 Å². The highest BCUT2D eigenvalue weighted by atomic mass is 16.3. The molecule has 1 saturated carbocycles. The van der Waals surface area contributed by atoms with Crippen LogP contribution in [0.1, 0.15) is 33.6 Å². The Bertz CT molecular complexity index is 193.